The van der Waals surface area contributed by atoms with E-state index in [2.05, 4.69) is 0 Å². The molecule has 162 valence electrons. The van der Waals surface area contributed by atoms with E-state index in [-0.39, 0.29) is 6.04 Å². The van der Waals surface area contributed by atoms with Crippen molar-refractivity contribution in [1.82, 2.24) is 4.90 Å². The topological polar surface area (TPSA) is 92.9 Å². The first-order valence-corrected chi connectivity index (χ1v) is 10.6. The summed E-state index contributed by atoms with van der Waals surface area (Å²) in [5, 5.41) is 9.40. The predicted molar refractivity (Wildman–Crippen MR) is 113 cm³/mol. The van der Waals surface area contributed by atoms with Gasteiger partial charge in [-0.05, 0) is 57.9 Å². The number of carbonyl (C=O) groups excluding carboxylic acids is 1. The molecule has 3 N–H and O–H groups in total. The van der Waals surface area contributed by atoms with Crippen molar-refractivity contribution in [3.05, 3.63) is 35.9 Å². The molecule has 0 radical (unpaired) electrons. The molecule has 1 heterocycles. The van der Waals surface area contributed by atoms with Crippen LogP contribution in [0.5, 0.6) is 0 Å². The van der Waals surface area contributed by atoms with E-state index in [0.29, 0.717) is 24.8 Å². The van der Waals surface area contributed by atoms with Crippen LogP contribution in [0.3, 0.4) is 0 Å². The lowest BCUT2D eigenvalue weighted by molar-refractivity contribution is -0.146. The summed E-state index contributed by atoms with van der Waals surface area (Å²) in [7, 11) is 0. The number of fused-ring (bicyclic) bond motifs is 1. The Morgan fingerprint density at radius 3 is 2.21 bits per heavy atom. The average molecular weight is 405 g/mol. The number of amides is 1. The van der Waals surface area contributed by atoms with Gasteiger partial charge in [0.05, 0.1) is 0 Å². The van der Waals surface area contributed by atoms with Gasteiger partial charge in [0, 0.05) is 12.6 Å². The molecule has 6 nitrogen and oxygen atoms in total. The van der Waals surface area contributed by atoms with Gasteiger partial charge in [-0.2, -0.15) is 0 Å². The highest BCUT2D eigenvalue weighted by atomic mass is 16.6. The highest BCUT2D eigenvalue weighted by Crippen LogP contribution is 2.39. The van der Waals surface area contributed by atoms with Crippen LogP contribution >= 0.6 is 0 Å². The number of hydrogen-bond donors (Lipinski definition) is 2. The molecule has 1 aromatic carbocycles. The maximum atomic E-state index is 12.2. The van der Waals surface area contributed by atoms with E-state index in [0.717, 1.165) is 12.8 Å². The van der Waals surface area contributed by atoms with Crippen LogP contribution in [0, 0.1) is 11.8 Å². The van der Waals surface area contributed by atoms with E-state index in [9.17, 15) is 14.7 Å². The molecular weight excluding hydrogens is 368 g/mol. The van der Waals surface area contributed by atoms with E-state index >= 15 is 0 Å². The molecule has 3 rings (SSSR count). The molecule has 1 saturated carbocycles. The van der Waals surface area contributed by atoms with Crippen LogP contribution in [-0.4, -0.2) is 40.3 Å². The van der Waals surface area contributed by atoms with Crippen molar-refractivity contribution in [3.63, 3.8) is 0 Å². The van der Waals surface area contributed by atoms with E-state index in [1.54, 1.807) is 20.8 Å². The lowest BCUT2D eigenvalue weighted by atomic mass is 9.73. The van der Waals surface area contributed by atoms with Crippen molar-refractivity contribution in [2.45, 2.75) is 77.5 Å². The van der Waals surface area contributed by atoms with Crippen LogP contribution in [0.1, 0.15) is 71.4 Å². The van der Waals surface area contributed by atoms with Crippen LogP contribution in [0.15, 0.2) is 30.3 Å². The third kappa shape index (κ3) is 7.03. The minimum atomic E-state index is -0.917. The van der Waals surface area contributed by atoms with Gasteiger partial charge in [0.1, 0.15) is 11.6 Å². The second-order valence-corrected chi connectivity index (χ2v) is 9.23. The number of aliphatic carboxylic acids is 1. The van der Waals surface area contributed by atoms with Crippen LogP contribution in [-0.2, 0) is 9.53 Å². The van der Waals surface area contributed by atoms with Gasteiger partial charge >= 0.3 is 12.1 Å². The van der Waals surface area contributed by atoms with Crippen LogP contribution in [0.2, 0.25) is 0 Å². The summed E-state index contributed by atoms with van der Waals surface area (Å²) in [5.41, 5.74) is 6.21. The zero-order chi connectivity index (χ0) is 21.6. The Kier molecular flexibility index (Phi) is 8.08. The molecule has 6 heteroatoms. The highest BCUT2D eigenvalue weighted by Gasteiger charge is 2.43. The molecule has 1 saturated heterocycles. The summed E-state index contributed by atoms with van der Waals surface area (Å²) >= 11 is 0. The van der Waals surface area contributed by atoms with E-state index in [4.69, 9.17) is 10.5 Å². The van der Waals surface area contributed by atoms with E-state index < -0.39 is 23.7 Å². The first-order chi connectivity index (χ1) is 13.6. The number of hydrogen-bond acceptors (Lipinski definition) is 4. The van der Waals surface area contributed by atoms with Crippen molar-refractivity contribution in [2.75, 3.05) is 6.54 Å². The monoisotopic (exact) mass is 404 g/mol. The van der Waals surface area contributed by atoms with Crippen molar-refractivity contribution < 1.29 is 19.4 Å². The zero-order valence-corrected chi connectivity index (χ0v) is 18.1. The quantitative estimate of drug-likeness (QED) is 0.752. The average Bonchev–Trinajstić information content (AvgIpc) is 2.66. The number of carboxylic acids is 1. The molecule has 1 aliphatic heterocycles. The fraction of sp³-hybridized carbons (Fsp3) is 0.652. The maximum absolute atomic E-state index is 12.2. The normalized spacial score (nSPS) is 25.1. The van der Waals surface area contributed by atoms with Crippen molar-refractivity contribution in [1.29, 1.82) is 0 Å². The molecule has 2 fully saturated rings. The van der Waals surface area contributed by atoms with Crippen LogP contribution < -0.4 is 5.73 Å². The molecule has 1 amide bonds. The molecule has 2 aliphatic rings. The number of benzene rings is 1. The Bertz CT molecular complexity index is 669. The third-order valence-electron chi connectivity index (χ3n) is 5.64. The second-order valence-electron chi connectivity index (χ2n) is 9.23. The van der Waals surface area contributed by atoms with Gasteiger partial charge in [-0.3, -0.25) is 4.90 Å². The third-order valence-corrected chi connectivity index (χ3v) is 5.64. The molecule has 1 aliphatic carbocycles. The van der Waals surface area contributed by atoms with Gasteiger partial charge in [-0.1, -0.05) is 49.6 Å². The SMILES string of the molecule is CC(C)(C)OC(=O)N1C[C@@H]2CCCC[C@@H]2C[C@H]1C(=O)O.C[C@@H](N)c1ccccc1. The number of carboxylic acid groups (broad SMARTS) is 1. The number of rotatable bonds is 2. The number of ether oxygens (including phenoxy) is 1. The number of carbonyl (C=O) groups is 2. The molecule has 1 aromatic rings. The van der Waals surface area contributed by atoms with Gasteiger partial charge in [-0.15, -0.1) is 0 Å². The summed E-state index contributed by atoms with van der Waals surface area (Å²) in [6, 6.07) is 9.48. The van der Waals surface area contributed by atoms with E-state index in [1.165, 1.54) is 23.3 Å². The maximum Gasteiger partial charge on any atom is 0.411 e. The number of likely N-dealkylation sites (tertiary alicyclic amines) is 1. The first-order valence-electron chi connectivity index (χ1n) is 10.6. The Hall–Kier alpha value is -2.08. The number of nitrogens with two attached hydrogens (primary N) is 1. The van der Waals surface area contributed by atoms with Crippen molar-refractivity contribution in [2.24, 2.45) is 17.6 Å². The summed E-state index contributed by atoms with van der Waals surface area (Å²) < 4.78 is 5.36. The van der Waals surface area contributed by atoms with Gasteiger partial charge in [0.15, 0.2) is 0 Å². The molecule has 0 spiro atoms. The van der Waals surface area contributed by atoms with Gasteiger partial charge < -0.3 is 15.6 Å². The molecule has 0 aromatic heterocycles. The Morgan fingerprint density at radius 1 is 1.14 bits per heavy atom. The van der Waals surface area contributed by atoms with E-state index in [1.807, 2.05) is 37.3 Å². The molecule has 0 unspecified atom stereocenters. The van der Waals surface area contributed by atoms with Gasteiger partial charge in [0.2, 0.25) is 0 Å². The van der Waals surface area contributed by atoms with Gasteiger partial charge in [-0.25, -0.2) is 9.59 Å². The molecule has 29 heavy (non-hydrogen) atoms. The largest absolute Gasteiger partial charge is 0.480 e. The fourth-order valence-corrected chi connectivity index (χ4v) is 4.14. The summed E-state index contributed by atoms with van der Waals surface area (Å²) in [4.78, 5) is 25.1. The number of piperidine rings is 1. The molecule has 0 bridgehead atoms. The minimum absolute atomic E-state index is 0.159. The van der Waals surface area contributed by atoms with Crippen LogP contribution in [0.25, 0.3) is 0 Å². The fourth-order valence-electron chi connectivity index (χ4n) is 4.14. The predicted octanol–water partition coefficient (Wildman–Crippen LogP) is 4.59. The Morgan fingerprint density at radius 2 is 1.72 bits per heavy atom. The zero-order valence-electron chi connectivity index (χ0n) is 18.1. The van der Waals surface area contributed by atoms with Crippen LogP contribution in [0.4, 0.5) is 4.79 Å². The minimum Gasteiger partial charge on any atom is -0.480 e. The van der Waals surface area contributed by atoms with Crippen molar-refractivity contribution >= 4 is 12.1 Å². The number of nitrogens with zero attached hydrogens (tertiary/aromatic N) is 1. The molecular formula is C23H36N2O4. The first kappa shape index (κ1) is 23.2. The highest BCUT2D eigenvalue weighted by molar-refractivity contribution is 5.80. The Labute approximate surface area is 174 Å². The molecule has 4 atom stereocenters. The second kappa shape index (κ2) is 10.1. The standard InChI is InChI=1S/C15H25NO4.C8H11N/c1-15(2,3)20-14(19)16-9-11-7-5-4-6-10(11)8-12(16)13(17)18;1-7(9)8-5-3-2-4-6-8/h10-12H,4-9H2,1-3H3,(H,17,18);2-7H,9H2,1H3/t10-,11+,12+;7-/m11/s1. The smallest absolute Gasteiger partial charge is 0.411 e. The summed E-state index contributed by atoms with van der Waals surface area (Å²) in [6.45, 7) is 7.90. The lowest BCUT2D eigenvalue weighted by Crippen LogP contribution is -2.55. The Balaban J connectivity index is 0.000000278. The summed E-state index contributed by atoms with van der Waals surface area (Å²) in [6.07, 6.45) is 4.63. The van der Waals surface area contributed by atoms with Crippen molar-refractivity contribution in [3.8, 4) is 0 Å². The lowest BCUT2D eigenvalue weighted by Gasteiger charge is -2.44. The summed E-state index contributed by atoms with van der Waals surface area (Å²) in [5.74, 6) is -0.0321. The van der Waals surface area contributed by atoms with Gasteiger partial charge in [0.25, 0.3) is 0 Å².